The second-order valence-corrected chi connectivity index (χ2v) is 9.72. The van der Waals surface area contributed by atoms with E-state index in [2.05, 4.69) is 0 Å². The van der Waals surface area contributed by atoms with Gasteiger partial charge in [0.15, 0.2) is 0 Å². The van der Waals surface area contributed by atoms with Crippen molar-refractivity contribution in [1.29, 1.82) is 0 Å². The fourth-order valence-corrected chi connectivity index (χ4v) is 5.04. The van der Waals surface area contributed by atoms with Crippen molar-refractivity contribution in [1.82, 2.24) is 4.47 Å². The number of benzene rings is 3. The van der Waals surface area contributed by atoms with Gasteiger partial charge < -0.3 is 19.3 Å². The lowest BCUT2D eigenvalue weighted by molar-refractivity contribution is -0.385. The molecular weight excluding hydrogens is 532 g/mol. The summed E-state index contributed by atoms with van der Waals surface area (Å²) in [5.41, 5.74) is -0.462. The van der Waals surface area contributed by atoms with Crippen molar-refractivity contribution in [3.05, 3.63) is 87.6 Å². The summed E-state index contributed by atoms with van der Waals surface area (Å²) in [7, 11) is 1.03. The van der Waals surface area contributed by atoms with Crippen molar-refractivity contribution >= 4 is 27.8 Å². The Morgan fingerprint density at radius 3 is 2.26 bits per heavy atom. The van der Waals surface area contributed by atoms with Crippen LogP contribution in [0.2, 0.25) is 0 Å². The van der Waals surface area contributed by atoms with Crippen molar-refractivity contribution < 1.29 is 42.3 Å². The summed E-state index contributed by atoms with van der Waals surface area (Å²) in [4.78, 5) is 28.3. The van der Waals surface area contributed by atoms with Crippen molar-refractivity contribution in [3.63, 3.8) is 0 Å². The first kappa shape index (κ1) is 28.9. The minimum absolute atomic E-state index is 0.00268. The van der Waals surface area contributed by atoms with Gasteiger partial charge in [-0.15, -0.1) is 0 Å². The summed E-state index contributed by atoms with van der Waals surface area (Å²) in [6.07, 6.45) is 2.51. The summed E-state index contributed by atoms with van der Waals surface area (Å²) < 4.78 is 42.7. The van der Waals surface area contributed by atoms with Gasteiger partial charge >= 0.3 is 5.97 Å². The predicted octanol–water partition coefficient (Wildman–Crippen LogP) is 4.35. The van der Waals surface area contributed by atoms with Gasteiger partial charge in [0, 0.05) is 40.6 Å². The van der Waals surface area contributed by atoms with E-state index in [-0.39, 0.29) is 16.7 Å². The monoisotopic (exact) mass is 558 g/mol. The molecule has 0 bridgehead atoms. The Kier molecular flexibility index (Phi) is 9.12. The molecule has 0 aromatic heterocycles. The van der Waals surface area contributed by atoms with E-state index < -0.39 is 32.4 Å². The standard InChI is InChI=1S/C26H26N2O10S/c1-35-19-10-9-17(25(14-19)37-3)11-12-27(38-4)39(33,34)16-18-13-22(26(29)30)21(15-23(18)28(31)32)20-7-5-6-8-24(20)36-2/h5-15H,16H2,1-4H3,(H,29,30). The molecule has 0 aliphatic rings. The van der Waals surface area contributed by atoms with Crippen LogP contribution in [0.4, 0.5) is 5.69 Å². The van der Waals surface area contributed by atoms with Gasteiger partial charge in [0.25, 0.3) is 15.7 Å². The van der Waals surface area contributed by atoms with Crippen molar-refractivity contribution in [2.45, 2.75) is 5.75 Å². The van der Waals surface area contributed by atoms with Gasteiger partial charge in [-0.1, -0.05) is 18.2 Å². The Morgan fingerprint density at radius 2 is 1.67 bits per heavy atom. The Balaban J connectivity index is 2.06. The predicted molar refractivity (Wildman–Crippen MR) is 142 cm³/mol. The molecule has 39 heavy (non-hydrogen) atoms. The third-order valence-electron chi connectivity index (χ3n) is 5.65. The molecular formula is C26H26N2O10S. The Bertz CT molecular complexity index is 1520. The number of hydroxylamine groups is 1. The zero-order chi connectivity index (χ0) is 28.7. The molecule has 13 heteroatoms. The number of nitro groups is 1. The van der Waals surface area contributed by atoms with Crippen LogP contribution in [0.15, 0.2) is 60.8 Å². The maximum Gasteiger partial charge on any atom is 0.336 e. The molecule has 0 heterocycles. The lowest BCUT2D eigenvalue weighted by Gasteiger charge is -2.18. The number of methoxy groups -OCH3 is 3. The topological polar surface area (TPSA) is 155 Å². The fraction of sp³-hybridized carbons (Fsp3) is 0.192. The van der Waals surface area contributed by atoms with Crippen LogP contribution in [0.5, 0.6) is 17.2 Å². The number of nitro benzene ring substituents is 1. The molecule has 0 spiro atoms. The zero-order valence-corrected chi connectivity index (χ0v) is 22.3. The van der Waals surface area contributed by atoms with Crippen LogP contribution in [-0.2, 0) is 20.6 Å². The van der Waals surface area contributed by atoms with Crippen LogP contribution < -0.4 is 14.2 Å². The molecule has 12 nitrogen and oxygen atoms in total. The van der Waals surface area contributed by atoms with Crippen molar-refractivity contribution in [3.8, 4) is 28.4 Å². The van der Waals surface area contributed by atoms with Gasteiger partial charge in [-0.2, -0.15) is 4.47 Å². The first-order valence-electron chi connectivity index (χ1n) is 11.2. The molecule has 0 saturated carbocycles. The second-order valence-electron chi connectivity index (χ2n) is 7.91. The zero-order valence-electron chi connectivity index (χ0n) is 21.5. The molecule has 0 radical (unpaired) electrons. The molecule has 0 unspecified atom stereocenters. The average molecular weight is 559 g/mol. The van der Waals surface area contributed by atoms with E-state index in [9.17, 15) is 28.4 Å². The maximum absolute atomic E-state index is 13.2. The lowest BCUT2D eigenvalue weighted by Crippen LogP contribution is -2.26. The number of hydrogen-bond acceptors (Lipinski definition) is 9. The molecule has 0 fully saturated rings. The van der Waals surface area contributed by atoms with E-state index >= 15 is 0 Å². The van der Waals surface area contributed by atoms with Crippen LogP contribution in [0.25, 0.3) is 17.2 Å². The minimum atomic E-state index is -4.38. The Hall–Kier alpha value is -4.62. The SMILES string of the molecule is COc1ccc(C=CN(OC)S(=O)(=O)Cc2cc(C(=O)O)c(-c3ccccc3OC)cc2[N+](=O)[O-])c(OC)c1. The number of ether oxygens (including phenoxy) is 3. The molecule has 206 valence electrons. The van der Waals surface area contributed by atoms with Crippen molar-refractivity contribution in [2.24, 2.45) is 0 Å². The Morgan fingerprint density at radius 1 is 0.974 bits per heavy atom. The van der Waals surface area contributed by atoms with Crippen LogP contribution >= 0.6 is 0 Å². The smallest absolute Gasteiger partial charge is 0.336 e. The lowest BCUT2D eigenvalue weighted by atomic mass is 9.96. The summed E-state index contributed by atoms with van der Waals surface area (Å²) in [6, 6.07) is 13.3. The van der Waals surface area contributed by atoms with E-state index in [1.165, 1.54) is 27.4 Å². The van der Waals surface area contributed by atoms with Crippen LogP contribution in [-0.4, -0.2) is 57.3 Å². The highest BCUT2D eigenvalue weighted by molar-refractivity contribution is 7.88. The number of nitrogens with zero attached hydrogens (tertiary/aromatic N) is 2. The highest BCUT2D eigenvalue weighted by Crippen LogP contribution is 2.37. The molecule has 0 aliphatic carbocycles. The third kappa shape index (κ3) is 6.45. The number of carboxylic acids is 1. The van der Waals surface area contributed by atoms with E-state index in [0.717, 1.165) is 25.4 Å². The normalized spacial score (nSPS) is 11.3. The highest BCUT2D eigenvalue weighted by Gasteiger charge is 2.29. The Labute approximate surface area is 224 Å². The molecule has 3 rings (SSSR count). The van der Waals surface area contributed by atoms with E-state index in [1.54, 1.807) is 42.5 Å². The van der Waals surface area contributed by atoms with Gasteiger partial charge in [-0.05, 0) is 30.3 Å². The van der Waals surface area contributed by atoms with E-state index in [0.29, 0.717) is 32.8 Å². The first-order valence-corrected chi connectivity index (χ1v) is 12.8. The number of hydrogen-bond donors (Lipinski definition) is 1. The molecule has 3 aromatic carbocycles. The number of sulfonamides is 1. The number of rotatable bonds is 12. The van der Waals surface area contributed by atoms with Crippen LogP contribution in [0, 0.1) is 10.1 Å². The fourth-order valence-electron chi connectivity index (χ4n) is 3.81. The first-order chi connectivity index (χ1) is 18.6. The molecule has 0 saturated heterocycles. The average Bonchev–Trinajstić information content (AvgIpc) is 2.92. The van der Waals surface area contributed by atoms with Crippen LogP contribution in [0.3, 0.4) is 0 Å². The summed E-state index contributed by atoms with van der Waals surface area (Å²) in [5, 5.41) is 21.8. The molecule has 1 N–H and O–H groups in total. The maximum atomic E-state index is 13.2. The van der Waals surface area contributed by atoms with Gasteiger partial charge in [-0.3, -0.25) is 15.0 Å². The number of carboxylic acid groups (broad SMARTS) is 1. The quantitative estimate of drug-likeness (QED) is 0.250. The third-order valence-corrected chi connectivity index (χ3v) is 7.15. The van der Waals surface area contributed by atoms with Gasteiger partial charge in [0.1, 0.15) is 23.0 Å². The van der Waals surface area contributed by atoms with Gasteiger partial charge in [-0.25, -0.2) is 13.2 Å². The van der Waals surface area contributed by atoms with Gasteiger partial charge in [0.2, 0.25) is 0 Å². The number of aromatic carboxylic acids is 1. The number of para-hydroxylation sites is 1. The summed E-state index contributed by atoms with van der Waals surface area (Å²) >= 11 is 0. The summed E-state index contributed by atoms with van der Waals surface area (Å²) in [5.74, 6) is -1.11. The number of carbonyl (C=O) groups is 1. The van der Waals surface area contributed by atoms with Gasteiger partial charge in [0.05, 0.1) is 38.9 Å². The highest BCUT2D eigenvalue weighted by atomic mass is 32.2. The second kappa shape index (κ2) is 12.3. The van der Waals surface area contributed by atoms with E-state index in [1.807, 2.05) is 0 Å². The van der Waals surface area contributed by atoms with Crippen LogP contribution in [0.1, 0.15) is 21.5 Å². The molecule has 3 aromatic rings. The summed E-state index contributed by atoms with van der Waals surface area (Å²) in [6.45, 7) is 0. The minimum Gasteiger partial charge on any atom is -0.497 e. The van der Waals surface area contributed by atoms with Crippen molar-refractivity contribution in [2.75, 3.05) is 28.4 Å². The molecule has 0 amide bonds. The van der Waals surface area contributed by atoms with E-state index in [4.69, 9.17) is 19.0 Å². The largest absolute Gasteiger partial charge is 0.497 e. The molecule has 0 atom stereocenters. The molecule has 0 aliphatic heterocycles.